The van der Waals surface area contributed by atoms with Crippen LogP contribution in [0, 0.1) is 29.0 Å². The lowest BCUT2D eigenvalue weighted by atomic mass is 10.00. The van der Waals surface area contributed by atoms with Gasteiger partial charge in [0.2, 0.25) is 5.96 Å². The van der Waals surface area contributed by atoms with Gasteiger partial charge < -0.3 is 15.2 Å². The largest absolute Gasteiger partial charge is 0.357 e. The molecule has 3 heterocycles. The van der Waals surface area contributed by atoms with Crippen molar-refractivity contribution in [1.29, 1.82) is 5.26 Å². The summed E-state index contributed by atoms with van der Waals surface area (Å²) in [6, 6.07) is 3.63. The zero-order valence-corrected chi connectivity index (χ0v) is 17.8. The summed E-state index contributed by atoms with van der Waals surface area (Å²) in [6.45, 7) is 2.03. The molecular weight excluding hydrogens is 416 g/mol. The van der Waals surface area contributed by atoms with E-state index in [1.165, 1.54) is 0 Å². The van der Waals surface area contributed by atoms with Crippen LogP contribution >= 0.6 is 0 Å². The Morgan fingerprint density at radius 2 is 2.06 bits per heavy atom. The second-order valence-corrected chi connectivity index (χ2v) is 7.76. The Hall–Kier alpha value is -3.48. The number of amides is 1. The summed E-state index contributed by atoms with van der Waals surface area (Å²) >= 11 is 0. The minimum absolute atomic E-state index is 0.00530. The number of aliphatic imine (C=N–C) groups is 1. The molecule has 1 unspecified atom stereocenters. The number of guanidine groups is 1. The number of anilines is 1. The van der Waals surface area contributed by atoms with Crippen molar-refractivity contribution >= 4 is 17.6 Å². The molecule has 1 amide bonds. The van der Waals surface area contributed by atoms with E-state index >= 15 is 0 Å². The summed E-state index contributed by atoms with van der Waals surface area (Å²) < 4.78 is 27.4. The van der Waals surface area contributed by atoms with Crippen LogP contribution in [0.4, 0.5) is 14.5 Å². The summed E-state index contributed by atoms with van der Waals surface area (Å²) in [7, 11) is 0. The van der Waals surface area contributed by atoms with Crippen molar-refractivity contribution in [1.82, 2.24) is 20.2 Å². The minimum Gasteiger partial charge on any atom is -0.357 e. The fourth-order valence-electron chi connectivity index (χ4n) is 3.79. The average Bonchev–Trinajstić information content (AvgIpc) is 3.47. The van der Waals surface area contributed by atoms with E-state index in [4.69, 9.17) is 5.26 Å². The molecule has 0 bridgehead atoms. The van der Waals surface area contributed by atoms with Crippen molar-refractivity contribution in [3.8, 4) is 6.19 Å². The summed E-state index contributed by atoms with van der Waals surface area (Å²) in [5, 5.41) is 13.6. The maximum absolute atomic E-state index is 13.7. The molecule has 3 rings (SSSR count). The van der Waals surface area contributed by atoms with Crippen LogP contribution in [0.2, 0.25) is 0 Å². The first-order valence-electron chi connectivity index (χ1n) is 10.8. The number of nitrogens with one attached hydrogen (secondary N) is 3. The predicted octanol–water partition coefficient (Wildman–Crippen LogP) is 3.64. The van der Waals surface area contributed by atoms with Gasteiger partial charge in [0.15, 0.2) is 17.8 Å². The molecule has 2 aromatic rings. The van der Waals surface area contributed by atoms with E-state index < -0.39 is 17.3 Å². The molecule has 3 N–H and O–H groups in total. The maximum Gasteiger partial charge on any atom is 0.270 e. The van der Waals surface area contributed by atoms with Gasteiger partial charge in [-0.3, -0.25) is 20.1 Å². The highest BCUT2D eigenvalue weighted by atomic mass is 19.1. The van der Waals surface area contributed by atoms with Crippen LogP contribution in [0.25, 0.3) is 0 Å². The predicted molar refractivity (Wildman–Crippen MR) is 117 cm³/mol. The van der Waals surface area contributed by atoms with Crippen LogP contribution in [0.3, 0.4) is 0 Å². The van der Waals surface area contributed by atoms with Crippen molar-refractivity contribution in [2.45, 2.75) is 38.5 Å². The lowest BCUT2D eigenvalue weighted by molar-refractivity contribution is 0.0781. The molecule has 0 aromatic carbocycles. The SMILES string of the molecule is N#CNC(=NCCCCCCC1CCN(C(=O)c2ccc[nH]2)C1)Nc1c(F)cncc1F. The van der Waals surface area contributed by atoms with E-state index in [9.17, 15) is 13.6 Å². The van der Waals surface area contributed by atoms with Gasteiger partial charge in [0, 0.05) is 25.8 Å². The first kappa shape index (κ1) is 23.2. The van der Waals surface area contributed by atoms with E-state index in [1.54, 1.807) is 18.5 Å². The summed E-state index contributed by atoms with van der Waals surface area (Å²) in [5.41, 5.74) is 0.238. The fourth-order valence-corrected chi connectivity index (χ4v) is 3.79. The van der Waals surface area contributed by atoms with Gasteiger partial charge in [-0.2, -0.15) is 5.26 Å². The maximum atomic E-state index is 13.7. The fraction of sp³-hybridized carbons (Fsp3) is 0.455. The summed E-state index contributed by atoms with van der Waals surface area (Å²) in [5.74, 6) is -1.13. The number of nitriles is 1. The van der Waals surface area contributed by atoms with Crippen molar-refractivity contribution in [2.75, 3.05) is 25.0 Å². The summed E-state index contributed by atoms with van der Waals surface area (Å²) in [6.07, 6.45) is 11.2. The molecule has 32 heavy (non-hydrogen) atoms. The number of halogens is 2. The number of pyridine rings is 1. The van der Waals surface area contributed by atoms with Gasteiger partial charge >= 0.3 is 0 Å². The molecule has 1 fully saturated rings. The Morgan fingerprint density at radius 1 is 1.28 bits per heavy atom. The molecule has 0 saturated carbocycles. The number of H-pyrrole nitrogens is 1. The van der Waals surface area contributed by atoms with E-state index in [0.717, 1.165) is 64.0 Å². The van der Waals surface area contributed by atoms with Gasteiger partial charge in [-0.15, -0.1) is 0 Å². The van der Waals surface area contributed by atoms with Gasteiger partial charge in [-0.25, -0.2) is 8.78 Å². The molecule has 1 aliphatic rings. The Kier molecular flexibility index (Phi) is 8.54. The number of aromatic amines is 1. The minimum atomic E-state index is -0.863. The van der Waals surface area contributed by atoms with Crippen LogP contribution in [-0.2, 0) is 0 Å². The molecule has 0 radical (unpaired) electrons. The zero-order valence-electron chi connectivity index (χ0n) is 17.8. The molecule has 2 aromatic heterocycles. The van der Waals surface area contributed by atoms with E-state index in [0.29, 0.717) is 18.2 Å². The van der Waals surface area contributed by atoms with Gasteiger partial charge in [0.25, 0.3) is 5.91 Å². The van der Waals surface area contributed by atoms with Crippen LogP contribution in [0.15, 0.2) is 35.7 Å². The number of aromatic nitrogens is 2. The zero-order chi connectivity index (χ0) is 22.8. The van der Waals surface area contributed by atoms with Crippen LogP contribution in [0.5, 0.6) is 0 Å². The standard InChI is InChI=1S/C22H27F2N7O/c23-17-12-26-13-18(24)20(17)30-22(29-15-25)28-9-4-2-1-3-6-16-8-11-31(14-16)21(32)19-7-5-10-27-19/h5,7,10,12-13,16,27H,1-4,6,8-9,11,14H2,(H2,26,28,29,30). The molecule has 0 spiro atoms. The summed E-state index contributed by atoms with van der Waals surface area (Å²) in [4.78, 5) is 24.9. The average molecular weight is 444 g/mol. The second kappa shape index (κ2) is 11.8. The van der Waals surface area contributed by atoms with Crippen molar-refractivity contribution < 1.29 is 13.6 Å². The van der Waals surface area contributed by atoms with Crippen molar-refractivity contribution in [3.63, 3.8) is 0 Å². The third kappa shape index (κ3) is 6.51. The molecule has 1 atom stereocenters. The van der Waals surface area contributed by atoms with Crippen LogP contribution < -0.4 is 10.6 Å². The number of carbonyl (C=O) groups excluding carboxylic acids is 1. The van der Waals surface area contributed by atoms with Gasteiger partial charge in [-0.1, -0.05) is 19.3 Å². The number of rotatable bonds is 9. The smallest absolute Gasteiger partial charge is 0.270 e. The lowest BCUT2D eigenvalue weighted by Gasteiger charge is -2.15. The second-order valence-electron chi connectivity index (χ2n) is 7.76. The van der Waals surface area contributed by atoms with E-state index in [-0.39, 0.29) is 11.9 Å². The first-order chi connectivity index (χ1) is 15.6. The molecular formula is C22H27F2N7O. The Balaban J connectivity index is 1.33. The molecule has 1 aliphatic heterocycles. The Labute approximate surface area is 185 Å². The number of likely N-dealkylation sites (tertiary alicyclic amines) is 1. The number of unbranched alkanes of at least 4 members (excludes halogenated alkanes) is 3. The van der Waals surface area contributed by atoms with E-state index in [1.807, 2.05) is 11.0 Å². The lowest BCUT2D eigenvalue weighted by Crippen LogP contribution is -2.28. The number of carbonyl (C=O) groups is 1. The van der Waals surface area contributed by atoms with Crippen LogP contribution in [-0.4, -0.2) is 46.4 Å². The van der Waals surface area contributed by atoms with Crippen LogP contribution in [0.1, 0.15) is 49.0 Å². The molecule has 0 aliphatic carbocycles. The molecule has 10 heteroatoms. The van der Waals surface area contributed by atoms with Crippen molar-refractivity contribution in [3.05, 3.63) is 48.1 Å². The third-order valence-corrected chi connectivity index (χ3v) is 5.46. The number of hydrogen-bond donors (Lipinski definition) is 3. The quantitative estimate of drug-likeness (QED) is 0.180. The number of nitrogens with zero attached hydrogens (tertiary/aromatic N) is 4. The highest BCUT2D eigenvalue weighted by Gasteiger charge is 2.26. The van der Waals surface area contributed by atoms with E-state index in [2.05, 4.69) is 25.6 Å². The molecule has 8 nitrogen and oxygen atoms in total. The van der Waals surface area contributed by atoms with Crippen molar-refractivity contribution in [2.24, 2.45) is 10.9 Å². The highest BCUT2D eigenvalue weighted by molar-refractivity contribution is 5.94. The van der Waals surface area contributed by atoms with Gasteiger partial charge in [-0.05, 0) is 37.3 Å². The van der Waals surface area contributed by atoms with Gasteiger partial charge in [0.05, 0.1) is 12.4 Å². The topological polar surface area (TPSA) is 109 Å². The molecule has 1 saturated heterocycles. The Bertz CT molecular complexity index is 935. The molecule has 170 valence electrons. The highest BCUT2D eigenvalue weighted by Crippen LogP contribution is 2.23. The normalized spacial score (nSPS) is 16.1. The Morgan fingerprint density at radius 3 is 2.78 bits per heavy atom. The monoisotopic (exact) mass is 443 g/mol. The number of hydrogen-bond acceptors (Lipinski definition) is 4. The van der Waals surface area contributed by atoms with Gasteiger partial charge in [0.1, 0.15) is 11.4 Å². The first-order valence-corrected chi connectivity index (χ1v) is 10.8. The third-order valence-electron chi connectivity index (χ3n) is 5.46.